The minimum atomic E-state index is -0.465. The highest BCUT2D eigenvalue weighted by molar-refractivity contribution is 5.95. The van der Waals surface area contributed by atoms with Crippen LogP contribution in [0.25, 0.3) is 22.9 Å². The molecule has 0 N–H and O–H groups in total. The van der Waals surface area contributed by atoms with Crippen LogP contribution in [0, 0.1) is 6.92 Å². The van der Waals surface area contributed by atoms with Crippen LogP contribution in [0.4, 0.5) is 0 Å². The number of aromatic nitrogens is 2. The van der Waals surface area contributed by atoms with Crippen molar-refractivity contribution in [2.45, 2.75) is 26.8 Å². The van der Waals surface area contributed by atoms with Gasteiger partial charge in [-0.1, -0.05) is 6.07 Å². The summed E-state index contributed by atoms with van der Waals surface area (Å²) in [4.78, 5) is 17.9. The zero-order chi connectivity index (χ0) is 24.2. The van der Waals surface area contributed by atoms with Crippen LogP contribution in [-0.2, 0) is 4.74 Å². The average Bonchev–Trinajstić information content (AvgIpc) is 3.20. The zero-order valence-corrected chi connectivity index (χ0v) is 20.0. The number of hydrogen-bond donors (Lipinski definition) is 0. The monoisotopic (exact) mass is 456 g/mol. The molecular weight excluding hydrogens is 428 g/mol. The minimum absolute atomic E-state index is 0.160. The van der Waals surface area contributed by atoms with Gasteiger partial charge in [0.25, 0.3) is 0 Å². The molecule has 0 atom stereocenters. The third-order valence-corrected chi connectivity index (χ3v) is 5.55. The van der Waals surface area contributed by atoms with E-state index in [1.54, 1.807) is 38.5 Å². The molecule has 0 unspecified atom stereocenters. The number of hydrogen-bond acceptors (Lipinski definition) is 5. The molecule has 4 aromatic rings. The van der Waals surface area contributed by atoms with E-state index in [0.29, 0.717) is 22.9 Å². The van der Waals surface area contributed by atoms with Crippen molar-refractivity contribution < 1.29 is 19.0 Å². The van der Waals surface area contributed by atoms with Crippen molar-refractivity contribution in [3.8, 4) is 11.5 Å². The molecular formula is C28H28N2O4. The molecule has 0 bridgehead atoms. The molecule has 3 aromatic carbocycles. The third-order valence-electron chi connectivity index (χ3n) is 5.55. The first-order valence-corrected chi connectivity index (χ1v) is 11.1. The van der Waals surface area contributed by atoms with Crippen LogP contribution in [-0.4, -0.2) is 29.7 Å². The van der Waals surface area contributed by atoms with Gasteiger partial charge in [-0.25, -0.2) is 9.78 Å². The van der Waals surface area contributed by atoms with Gasteiger partial charge in [0.15, 0.2) is 0 Å². The number of imidazole rings is 1. The van der Waals surface area contributed by atoms with Gasteiger partial charge in [-0.3, -0.25) is 0 Å². The Hall–Kier alpha value is -4.06. The maximum absolute atomic E-state index is 13.0. The first-order chi connectivity index (χ1) is 16.4. The van der Waals surface area contributed by atoms with Crippen LogP contribution in [0.15, 0.2) is 66.7 Å². The molecule has 1 aromatic heterocycles. The number of carbonyl (C=O) groups excluding carboxylic acids is 1. The average molecular weight is 457 g/mol. The highest BCUT2D eigenvalue weighted by atomic mass is 16.5. The second-order valence-corrected chi connectivity index (χ2v) is 8.28. The lowest BCUT2D eigenvalue weighted by molar-refractivity contribution is 0.0693. The summed E-state index contributed by atoms with van der Waals surface area (Å²) in [6.07, 6.45) is 1.82. The quantitative estimate of drug-likeness (QED) is 0.241. The summed E-state index contributed by atoms with van der Waals surface area (Å²) in [6, 6.07) is 20.5. The molecule has 0 saturated heterocycles. The van der Waals surface area contributed by atoms with Crippen molar-refractivity contribution in [1.29, 1.82) is 0 Å². The number of ether oxygens (including phenoxy) is 3. The maximum atomic E-state index is 13.0. The molecule has 174 valence electrons. The van der Waals surface area contributed by atoms with Gasteiger partial charge in [0.2, 0.25) is 0 Å². The second kappa shape index (κ2) is 9.83. The van der Waals surface area contributed by atoms with Crippen LogP contribution in [0.3, 0.4) is 0 Å². The Morgan fingerprint density at radius 3 is 2.03 bits per heavy atom. The fraction of sp³-hybridized carbons (Fsp3) is 0.214. The number of benzene rings is 3. The molecule has 6 heteroatoms. The molecule has 0 fully saturated rings. The van der Waals surface area contributed by atoms with Crippen molar-refractivity contribution in [3.05, 3.63) is 89.2 Å². The van der Waals surface area contributed by atoms with E-state index in [-0.39, 0.29) is 6.04 Å². The van der Waals surface area contributed by atoms with Crippen LogP contribution in [0.2, 0.25) is 0 Å². The van der Waals surface area contributed by atoms with E-state index in [4.69, 9.17) is 19.2 Å². The van der Waals surface area contributed by atoms with Crippen molar-refractivity contribution in [2.75, 3.05) is 14.2 Å². The van der Waals surface area contributed by atoms with Gasteiger partial charge in [0.1, 0.15) is 23.1 Å². The maximum Gasteiger partial charge on any atom is 0.343 e. The summed E-state index contributed by atoms with van der Waals surface area (Å²) in [6.45, 7) is 6.28. The van der Waals surface area contributed by atoms with Gasteiger partial charge < -0.3 is 18.8 Å². The van der Waals surface area contributed by atoms with Crippen molar-refractivity contribution in [3.63, 3.8) is 0 Å². The number of aryl methyl sites for hydroxylation is 1. The smallest absolute Gasteiger partial charge is 0.343 e. The molecule has 0 spiro atoms. The van der Waals surface area contributed by atoms with E-state index in [0.717, 1.165) is 27.9 Å². The second-order valence-electron chi connectivity index (χ2n) is 8.28. The third kappa shape index (κ3) is 4.81. The molecule has 0 aliphatic heterocycles. The van der Waals surface area contributed by atoms with E-state index in [9.17, 15) is 4.79 Å². The van der Waals surface area contributed by atoms with Gasteiger partial charge in [0, 0.05) is 17.7 Å². The number of nitrogens with zero attached hydrogens (tertiary/aromatic N) is 2. The Labute approximate surface area is 199 Å². The Balaban J connectivity index is 1.80. The lowest BCUT2D eigenvalue weighted by Gasteiger charge is -2.14. The number of fused-ring (bicyclic) bond motifs is 1. The van der Waals surface area contributed by atoms with Gasteiger partial charge in [-0.05, 0) is 87.0 Å². The summed E-state index contributed by atoms with van der Waals surface area (Å²) in [5.41, 5.74) is 4.25. The Morgan fingerprint density at radius 1 is 0.882 bits per heavy atom. The summed E-state index contributed by atoms with van der Waals surface area (Å²) in [5.74, 6) is 2.03. The Morgan fingerprint density at radius 2 is 1.47 bits per heavy atom. The first kappa shape index (κ1) is 23.1. The highest BCUT2D eigenvalue weighted by Crippen LogP contribution is 2.28. The fourth-order valence-corrected chi connectivity index (χ4v) is 3.80. The van der Waals surface area contributed by atoms with Gasteiger partial charge in [-0.15, -0.1) is 0 Å². The highest BCUT2D eigenvalue weighted by Gasteiger charge is 2.17. The summed E-state index contributed by atoms with van der Waals surface area (Å²) in [7, 11) is 3.20. The predicted molar refractivity (Wildman–Crippen MR) is 134 cm³/mol. The summed E-state index contributed by atoms with van der Waals surface area (Å²) in [5, 5.41) is 0. The van der Waals surface area contributed by atoms with Crippen LogP contribution in [0.1, 0.15) is 47.2 Å². The standard InChI is InChI=1S/C28H28N2O4/c1-18(2)30-25-16-19(3)6-15-24(25)29-27(30)17-26(20-7-11-22(32-4)12-8-20)34-28(31)21-9-13-23(33-5)14-10-21/h6-18H,1-5H3. The molecule has 0 saturated carbocycles. The number of methoxy groups -OCH3 is 2. The molecule has 0 aliphatic carbocycles. The van der Waals surface area contributed by atoms with Crippen molar-refractivity contribution >= 4 is 28.8 Å². The molecule has 0 radical (unpaired) electrons. The molecule has 0 aliphatic rings. The van der Waals surface area contributed by atoms with E-state index >= 15 is 0 Å². The van der Waals surface area contributed by atoms with Gasteiger partial charge in [-0.2, -0.15) is 0 Å². The van der Waals surface area contributed by atoms with Gasteiger partial charge >= 0.3 is 5.97 Å². The largest absolute Gasteiger partial charge is 0.497 e. The Bertz CT molecular complexity index is 1330. The van der Waals surface area contributed by atoms with Crippen molar-refractivity contribution in [2.24, 2.45) is 0 Å². The Kier molecular flexibility index (Phi) is 6.68. The lowest BCUT2D eigenvalue weighted by atomic mass is 10.1. The number of esters is 1. The summed E-state index contributed by atoms with van der Waals surface area (Å²) >= 11 is 0. The first-order valence-electron chi connectivity index (χ1n) is 11.1. The summed E-state index contributed by atoms with van der Waals surface area (Å²) < 4.78 is 18.5. The van der Waals surface area contributed by atoms with Crippen molar-refractivity contribution in [1.82, 2.24) is 9.55 Å². The number of carbonyl (C=O) groups is 1. The zero-order valence-electron chi connectivity index (χ0n) is 20.0. The minimum Gasteiger partial charge on any atom is -0.497 e. The van der Waals surface area contributed by atoms with Crippen LogP contribution < -0.4 is 9.47 Å². The number of rotatable bonds is 7. The molecule has 6 nitrogen and oxygen atoms in total. The molecule has 0 amide bonds. The topological polar surface area (TPSA) is 62.6 Å². The molecule has 1 heterocycles. The van der Waals surface area contributed by atoms with Crippen LogP contribution >= 0.6 is 0 Å². The van der Waals surface area contributed by atoms with E-state index in [2.05, 4.69) is 31.4 Å². The molecule has 4 rings (SSSR count). The molecule has 34 heavy (non-hydrogen) atoms. The van der Waals surface area contributed by atoms with E-state index in [1.165, 1.54) is 0 Å². The van der Waals surface area contributed by atoms with E-state index in [1.807, 2.05) is 42.5 Å². The lowest BCUT2D eigenvalue weighted by Crippen LogP contribution is -2.07. The fourth-order valence-electron chi connectivity index (χ4n) is 3.80. The predicted octanol–water partition coefficient (Wildman–Crippen LogP) is 6.30. The SMILES string of the molecule is COc1ccc(C(=O)OC(=Cc2nc3ccc(C)cc3n2C(C)C)c2ccc(OC)cc2)cc1. The van der Waals surface area contributed by atoms with Crippen LogP contribution in [0.5, 0.6) is 11.5 Å². The normalized spacial score (nSPS) is 11.6. The van der Waals surface area contributed by atoms with Gasteiger partial charge in [0.05, 0.1) is 30.8 Å². The van der Waals surface area contributed by atoms with E-state index < -0.39 is 5.97 Å².